The summed E-state index contributed by atoms with van der Waals surface area (Å²) in [5, 5.41) is 0.667. The lowest BCUT2D eigenvalue weighted by Gasteiger charge is -2.15. The number of aliphatic imine (C=N–C) groups is 1. The van der Waals surface area contributed by atoms with E-state index < -0.39 is 0 Å². The number of hydrogen-bond acceptors (Lipinski definition) is 4. The van der Waals surface area contributed by atoms with Gasteiger partial charge < -0.3 is 14.2 Å². The Bertz CT molecular complexity index is 1260. The third-order valence-electron chi connectivity index (χ3n) is 4.84. The van der Waals surface area contributed by atoms with Crippen LogP contribution in [0.2, 0.25) is 5.02 Å². The van der Waals surface area contributed by atoms with E-state index in [9.17, 15) is 0 Å². The molecule has 4 nitrogen and oxygen atoms in total. The van der Waals surface area contributed by atoms with E-state index in [1.807, 2.05) is 97.9 Å². The summed E-state index contributed by atoms with van der Waals surface area (Å²) in [6.07, 6.45) is 1.79. The standard InChI is InChI=1S/C28H23BrClNO3/c1-2-32-27-17-20(16-25(29)28(27)33-19-21-8-6-7-11-26(21)30)18-31-22-12-14-24(15-13-22)34-23-9-4-3-5-10-23/h3-18H,2,19H2,1H3. The van der Waals surface area contributed by atoms with Gasteiger partial charge in [-0.25, -0.2) is 0 Å². The van der Waals surface area contributed by atoms with E-state index in [4.69, 9.17) is 25.8 Å². The van der Waals surface area contributed by atoms with Gasteiger partial charge >= 0.3 is 0 Å². The molecule has 34 heavy (non-hydrogen) atoms. The second-order valence-corrected chi connectivity index (χ2v) is 8.57. The van der Waals surface area contributed by atoms with Crippen molar-refractivity contribution in [3.05, 3.63) is 112 Å². The van der Waals surface area contributed by atoms with E-state index in [0.29, 0.717) is 29.7 Å². The first-order valence-electron chi connectivity index (χ1n) is 10.8. The van der Waals surface area contributed by atoms with E-state index >= 15 is 0 Å². The monoisotopic (exact) mass is 535 g/mol. The van der Waals surface area contributed by atoms with Crippen molar-refractivity contribution in [1.82, 2.24) is 0 Å². The van der Waals surface area contributed by atoms with Gasteiger partial charge in [0.2, 0.25) is 0 Å². The van der Waals surface area contributed by atoms with E-state index in [1.54, 1.807) is 6.21 Å². The largest absolute Gasteiger partial charge is 0.490 e. The molecule has 0 aliphatic carbocycles. The maximum atomic E-state index is 6.26. The highest BCUT2D eigenvalue weighted by molar-refractivity contribution is 9.10. The molecule has 0 N–H and O–H groups in total. The first-order valence-corrected chi connectivity index (χ1v) is 12.0. The number of para-hydroxylation sites is 1. The van der Waals surface area contributed by atoms with Crippen LogP contribution in [-0.2, 0) is 6.61 Å². The molecule has 0 saturated carbocycles. The molecule has 0 atom stereocenters. The van der Waals surface area contributed by atoms with Crippen LogP contribution in [0.5, 0.6) is 23.0 Å². The Kier molecular flexibility index (Phi) is 8.23. The van der Waals surface area contributed by atoms with Crippen LogP contribution in [0.4, 0.5) is 5.69 Å². The van der Waals surface area contributed by atoms with E-state index in [1.165, 1.54) is 0 Å². The van der Waals surface area contributed by atoms with Gasteiger partial charge in [-0.3, -0.25) is 4.99 Å². The Morgan fingerprint density at radius 2 is 1.56 bits per heavy atom. The first-order chi connectivity index (χ1) is 16.6. The van der Waals surface area contributed by atoms with Gasteiger partial charge in [0.25, 0.3) is 0 Å². The van der Waals surface area contributed by atoms with E-state index in [0.717, 1.165) is 32.8 Å². The minimum Gasteiger partial charge on any atom is -0.490 e. The number of halogens is 2. The average molecular weight is 537 g/mol. The van der Waals surface area contributed by atoms with Gasteiger partial charge in [0.05, 0.1) is 16.8 Å². The molecule has 0 aliphatic rings. The van der Waals surface area contributed by atoms with Crippen molar-refractivity contribution < 1.29 is 14.2 Å². The lowest BCUT2D eigenvalue weighted by atomic mass is 10.2. The Labute approximate surface area is 212 Å². The fourth-order valence-corrected chi connectivity index (χ4v) is 3.97. The number of rotatable bonds is 9. The zero-order valence-corrected chi connectivity index (χ0v) is 20.9. The van der Waals surface area contributed by atoms with Crippen LogP contribution in [-0.4, -0.2) is 12.8 Å². The topological polar surface area (TPSA) is 40.0 Å². The number of nitrogens with zero attached hydrogens (tertiary/aromatic N) is 1. The molecule has 4 aromatic carbocycles. The molecule has 0 aliphatic heterocycles. The summed E-state index contributed by atoms with van der Waals surface area (Å²) in [5.41, 5.74) is 2.60. The number of benzene rings is 4. The van der Waals surface area contributed by atoms with Gasteiger partial charge in [0, 0.05) is 16.8 Å². The van der Waals surface area contributed by atoms with Gasteiger partial charge in [-0.05, 0) is 83.0 Å². The van der Waals surface area contributed by atoms with Crippen LogP contribution in [0.3, 0.4) is 0 Å². The summed E-state index contributed by atoms with van der Waals surface area (Å²) in [6, 6.07) is 28.8. The van der Waals surface area contributed by atoms with Crippen molar-refractivity contribution in [3.8, 4) is 23.0 Å². The molecule has 0 heterocycles. The number of ether oxygens (including phenoxy) is 3. The van der Waals surface area contributed by atoms with Gasteiger partial charge in [-0.2, -0.15) is 0 Å². The van der Waals surface area contributed by atoms with Crippen molar-refractivity contribution in [3.63, 3.8) is 0 Å². The predicted octanol–water partition coefficient (Wildman–Crippen LogP) is 8.62. The van der Waals surface area contributed by atoms with Crippen LogP contribution in [0.1, 0.15) is 18.1 Å². The summed E-state index contributed by atoms with van der Waals surface area (Å²) in [5.74, 6) is 2.81. The summed E-state index contributed by atoms with van der Waals surface area (Å²) in [7, 11) is 0. The highest BCUT2D eigenvalue weighted by Crippen LogP contribution is 2.37. The molecule has 0 aromatic heterocycles. The molecule has 6 heteroatoms. The molecule has 172 valence electrons. The fourth-order valence-electron chi connectivity index (χ4n) is 3.20. The van der Waals surface area contributed by atoms with Crippen molar-refractivity contribution >= 4 is 39.4 Å². The SMILES string of the molecule is CCOc1cc(C=Nc2ccc(Oc3ccccc3)cc2)cc(Br)c1OCc1ccccc1Cl. The van der Waals surface area contributed by atoms with E-state index in [2.05, 4.69) is 20.9 Å². The Balaban J connectivity index is 1.47. The van der Waals surface area contributed by atoms with Crippen molar-refractivity contribution in [2.75, 3.05) is 6.61 Å². The smallest absolute Gasteiger partial charge is 0.175 e. The first kappa shape index (κ1) is 23.9. The quantitative estimate of drug-likeness (QED) is 0.201. The van der Waals surface area contributed by atoms with Gasteiger partial charge in [-0.15, -0.1) is 0 Å². The second-order valence-electron chi connectivity index (χ2n) is 7.31. The molecule has 0 unspecified atom stereocenters. The third-order valence-corrected chi connectivity index (χ3v) is 5.80. The van der Waals surface area contributed by atoms with Gasteiger partial charge in [0.15, 0.2) is 11.5 Å². The van der Waals surface area contributed by atoms with Gasteiger partial charge in [0.1, 0.15) is 18.1 Å². The summed E-state index contributed by atoms with van der Waals surface area (Å²) >= 11 is 9.87. The third kappa shape index (κ3) is 6.40. The predicted molar refractivity (Wildman–Crippen MR) is 141 cm³/mol. The minimum atomic E-state index is 0.336. The molecule has 0 amide bonds. The average Bonchev–Trinajstić information content (AvgIpc) is 2.85. The van der Waals surface area contributed by atoms with Crippen LogP contribution < -0.4 is 14.2 Å². The molecule has 0 spiro atoms. The Hall–Kier alpha value is -3.28. The zero-order valence-electron chi connectivity index (χ0n) is 18.6. The Morgan fingerprint density at radius 3 is 2.29 bits per heavy atom. The zero-order chi connectivity index (χ0) is 23.8. The van der Waals surface area contributed by atoms with Crippen LogP contribution in [0, 0.1) is 0 Å². The fraction of sp³-hybridized carbons (Fsp3) is 0.107. The highest BCUT2D eigenvalue weighted by atomic mass is 79.9. The molecular formula is C28H23BrClNO3. The summed E-state index contributed by atoms with van der Waals surface area (Å²) in [6.45, 7) is 2.78. The Morgan fingerprint density at radius 1 is 0.853 bits per heavy atom. The molecule has 4 rings (SSSR count). The number of hydrogen-bond donors (Lipinski definition) is 0. The summed E-state index contributed by atoms with van der Waals surface area (Å²) in [4.78, 5) is 4.59. The summed E-state index contributed by atoms with van der Waals surface area (Å²) < 4.78 is 18.5. The van der Waals surface area contributed by atoms with Crippen molar-refractivity contribution in [2.24, 2.45) is 4.99 Å². The highest BCUT2D eigenvalue weighted by Gasteiger charge is 2.13. The van der Waals surface area contributed by atoms with Crippen LogP contribution >= 0.6 is 27.5 Å². The molecule has 0 radical (unpaired) electrons. The van der Waals surface area contributed by atoms with Crippen LogP contribution in [0.15, 0.2) is 100 Å². The molecule has 0 bridgehead atoms. The van der Waals surface area contributed by atoms with E-state index in [-0.39, 0.29) is 0 Å². The lowest BCUT2D eigenvalue weighted by molar-refractivity contribution is 0.267. The maximum Gasteiger partial charge on any atom is 0.175 e. The minimum absolute atomic E-state index is 0.336. The molecule has 0 saturated heterocycles. The van der Waals surface area contributed by atoms with Crippen molar-refractivity contribution in [1.29, 1.82) is 0 Å². The molecule has 0 fully saturated rings. The lowest BCUT2D eigenvalue weighted by Crippen LogP contribution is -2.02. The van der Waals surface area contributed by atoms with Crippen LogP contribution in [0.25, 0.3) is 0 Å². The normalized spacial score (nSPS) is 10.9. The second kappa shape index (κ2) is 11.7. The molecule has 4 aromatic rings. The van der Waals surface area contributed by atoms with Crippen molar-refractivity contribution in [2.45, 2.75) is 13.5 Å². The maximum absolute atomic E-state index is 6.26. The van der Waals surface area contributed by atoms with Gasteiger partial charge in [-0.1, -0.05) is 48.0 Å². The molecular weight excluding hydrogens is 514 g/mol.